The second-order valence-electron chi connectivity index (χ2n) is 7.15. The van der Waals surface area contributed by atoms with Crippen LogP contribution < -0.4 is 5.32 Å². The maximum atomic E-state index is 12.4. The average Bonchev–Trinajstić information content (AvgIpc) is 3.38. The molecular weight excluding hydrogens is 376 g/mol. The van der Waals surface area contributed by atoms with Crippen LogP contribution in [0.2, 0.25) is 5.02 Å². The highest BCUT2D eigenvalue weighted by molar-refractivity contribution is 6.30. The second-order valence-corrected chi connectivity index (χ2v) is 7.59. The molecule has 2 bridgehead atoms. The molecule has 0 saturated heterocycles. The summed E-state index contributed by atoms with van der Waals surface area (Å²) >= 11 is 5.86. The van der Waals surface area contributed by atoms with Gasteiger partial charge in [0.05, 0.1) is 5.69 Å². The van der Waals surface area contributed by atoms with E-state index in [1.54, 1.807) is 48.5 Å². The first-order valence-corrected chi connectivity index (χ1v) is 9.43. The fourth-order valence-corrected chi connectivity index (χ4v) is 4.31. The molecule has 5 rings (SSSR count). The molecule has 0 saturated carbocycles. The Morgan fingerprint density at radius 3 is 2.07 bits per heavy atom. The lowest BCUT2D eigenvalue weighted by molar-refractivity contribution is 0.102. The Hall–Kier alpha value is -3.18. The molecule has 1 aromatic heterocycles. The Labute approximate surface area is 166 Å². The van der Waals surface area contributed by atoms with E-state index in [4.69, 9.17) is 11.6 Å². The molecule has 2 aliphatic rings. The third-order valence-electron chi connectivity index (χ3n) is 5.51. The number of rotatable bonds is 3. The Morgan fingerprint density at radius 2 is 1.50 bits per heavy atom. The summed E-state index contributed by atoms with van der Waals surface area (Å²) in [7, 11) is 0. The SMILES string of the molecule is O=C(Nc1ccc(Cl)cc1)c1ccc(-n2c(O)c3c(c2O)[C@H]2C=C[C@@H]3C2)cc1. The average molecular weight is 393 g/mol. The van der Waals surface area contributed by atoms with Crippen molar-refractivity contribution in [3.63, 3.8) is 0 Å². The summed E-state index contributed by atoms with van der Waals surface area (Å²) in [4.78, 5) is 12.4. The Balaban J connectivity index is 1.42. The Bertz CT molecular complexity index is 1080. The molecule has 3 aromatic rings. The first-order valence-electron chi connectivity index (χ1n) is 9.05. The zero-order chi connectivity index (χ0) is 19.4. The van der Waals surface area contributed by atoms with Gasteiger partial charge in [0.15, 0.2) is 0 Å². The number of hydrogen-bond acceptors (Lipinski definition) is 3. The van der Waals surface area contributed by atoms with E-state index in [1.807, 2.05) is 0 Å². The van der Waals surface area contributed by atoms with Crippen LogP contribution in [-0.4, -0.2) is 20.7 Å². The van der Waals surface area contributed by atoms with Crippen molar-refractivity contribution in [1.29, 1.82) is 0 Å². The summed E-state index contributed by atoms with van der Waals surface area (Å²) in [5.41, 5.74) is 3.36. The van der Waals surface area contributed by atoms with Crippen LogP contribution in [0.5, 0.6) is 11.8 Å². The van der Waals surface area contributed by atoms with Crippen molar-refractivity contribution in [2.75, 3.05) is 5.32 Å². The smallest absolute Gasteiger partial charge is 0.255 e. The van der Waals surface area contributed by atoms with E-state index in [1.165, 1.54) is 4.57 Å². The van der Waals surface area contributed by atoms with Crippen LogP contribution in [0.3, 0.4) is 0 Å². The minimum atomic E-state index is -0.250. The number of nitrogens with one attached hydrogen (secondary N) is 1. The zero-order valence-corrected chi connectivity index (χ0v) is 15.5. The molecule has 0 unspecified atom stereocenters. The summed E-state index contributed by atoms with van der Waals surface area (Å²) in [6.07, 6.45) is 5.08. The molecule has 5 nitrogen and oxygen atoms in total. The Morgan fingerprint density at radius 1 is 0.929 bits per heavy atom. The molecule has 3 N–H and O–H groups in total. The third kappa shape index (κ3) is 2.51. The van der Waals surface area contributed by atoms with Crippen LogP contribution in [-0.2, 0) is 0 Å². The van der Waals surface area contributed by atoms with E-state index in [0.717, 1.165) is 17.5 Å². The summed E-state index contributed by atoms with van der Waals surface area (Å²) in [5, 5.41) is 24.8. The number of hydrogen-bond donors (Lipinski definition) is 3. The number of carbonyl (C=O) groups is 1. The van der Waals surface area contributed by atoms with Crippen LogP contribution in [0.1, 0.15) is 39.7 Å². The monoisotopic (exact) mass is 392 g/mol. The predicted molar refractivity (Wildman–Crippen MR) is 108 cm³/mol. The molecule has 0 spiro atoms. The number of aromatic nitrogens is 1. The van der Waals surface area contributed by atoms with Crippen molar-refractivity contribution in [1.82, 2.24) is 4.57 Å². The van der Waals surface area contributed by atoms with Crippen molar-refractivity contribution in [2.24, 2.45) is 0 Å². The highest BCUT2D eigenvalue weighted by Gasteiger charge is 2.41. The van der Waals surface area contributed by atoms with Crippen LogP contribution in [0.25, 0.3) is 5.69 Å². The third-order valence-corrected chi connectivity index (χ3v) is 5.76. The minimum Gasteiger partial charge on any atom is -0.494 e. The number of aromatic hydroxyl groups is 2. The fraction of sp³-hybridized carbons (Fsp3) is 0.136. The van der Waals surface area contributed by atoms with Gasteiger partial charge < -0.3 is 15.5 Å². The van der Waals surface area contributed by atoms with Gasteiger partial charge in [-0.05, 0) is 55.0 Å². The number of allylic oxidation sites excluding steroid dienone is 2. The van der Waals surface area contributed by atoms with Crippen molar-refractivity contribution in [2.45, 2.75) is 18.3 Å². The van der Waals surface area contributed by atoms with Gasteiger partial charge in [0.2, 0.25) is 11.8 Å². The van der Waals surface area contributed by atoms with Crippen LogP contribution in [0, 0.1) is 0 Å². The van der Waals surface area contributed by atoms with E-state index in [2.05, 4.69) is 17.5 Å². The normalized spacial score (nSPS) is 19.0. The maximum absolute atomic E-state index is 12.4. The number of nitrogens with zero attached hydrogens (tertiary/aromatic N) is 1. The van der Waals surface area contributed by atoms with E-state index in [9.17, 15) is 15.0 Å². The maximum Gasteiger partial charge on any atom is 0.255 e. The number of fused-ring (bicyclic) bond motifs is 5. The number of amides is 1. The summed E-state index contributed by atoms with van der Waals surface area (Å²) in [6.45, 7) is 0. The molecule has 0 radical (unpaired) electrons. The lowest BCUT2D eigenvalue weighted by atomic mass is 10.0. The second kappa shape index (κ2) is 6.17. The minimum absolute atomic E-state index is 0.0720. The van der Waals surface area contributed by atoms with Gasteiger partial charge in [-0.3, -0.25) is 9.36 Å². The van der Waals surface area contributed by atoms with Gasteiger partial charge in [0.25, 0.3) is 5.91 Å². The summed E-state index contributed by atoms with van der Waals surface area (Å²) in [6, 6.07) is 13.6. The number of benzene rings is 2. The van der Waals surface area contributed by atoms with Crippen LogP contribution in [0.4, 0.5) is 5.69 Å². The first kappa shape index (κ1) is 17.0. The number of halogens is 1. The van der Waals surface area contributed by atoms with Gasteiger partial charge in [-0.2, -0.15) is 0 Å². The summed E-state index contributed by atoms with van der Waals surface area (Å²) < 4.78 is 1.44. The molecule has 6 heteroatoms. The first-order chi connectivity index (χ1) is 13.5. The topological polar surface area (TPSA) is 74.5 Å². The molecule has 0 fully saturated rings. The van der Waals surface area contributed by atoms with E-state index in [-0.39, 0.29) is 29.5 Å². The fourth-order valence-electron chi connectivity index (χ4n) is 4.18. The van der Waals surface area contributed by atoms with Gasteiger partial charge in [-0.25, -0.2) is 0 Å². The van der Waals surface area contributed by atoms with Crippen LogP contribution in [0.15, 0.2) is 60.7 Å². The van der Waals surface area contributed by atoms with Gasteiger partial charge in [0, 0.05) is 39.2 Å². The molecule has 140 valence electrons. The predicted octanol–water partition coefficient (Wildman–Crippen LogP) is 4.93. The molecular formula is C22H17ClN2O3. The van der Waals surface area contributed by atoms with Crippen molar-refractivity contribution in [3.8, 4) is 17.4 Å². The number of carbonyl (C=O) groups excluding carboxylic acids is 1. The van der Waals surface area contributed by atoms with Gasteiger partial charge in [-0.1, -0.05) is 23.8 Å². The molecule has 28 heavy (non-hydrogen) atoms. The number of anilines is 1. The molecule has 2 aromatic carbocycles. The quantitative estimate of drug-likeness (QED) is 0.553. The molecule has 1 heterocycles. The lowest BCUT2D eigenvalue weighted by Crippen LogP contribution is -2.11. The van der Waals surface area contributed by atoms with Gasteiger partial charge in [-0.15, -0.1) is 0 Å². The Kier molecular flexibility index (Phi) is 3.74. The molecule has 2 atom stereocenters. The van der Waals surface area contributed by atoms with Gasteiger partial charge in [0.1, 0.15) is 0 Å². The molecule has 0 aliphatic heterocycles. The van der Waals surface area contributed by atoms with E-state index < -0.39 is 0 Å². The highest BCUT2D eigenvalue weighted by Crippen LogP contribution is 2.57. The largest absolute Gasteiger partial charge is 0.494 e. The van der Waals surface area contributed by atoms with Crippen molar-refractivity contribution in [3.05, 3.63) is 82.4 Å². The van der Waals surface area contributed by atoms with E-state index >= 15 is 0 Å². The molecule has 2 aliphatic carbocycles. The van der Waals surface area contributed by atoms with Crippen LogP contribution >= 0.6 is 11.6 Å². The standard InChI is InChI=1S/C22H17ClN2O3/c23-15-5-7-16(8-6-15)24-20(26)12-3-9-17(10-4-12)25-21(27)18-13-1-2-14(11-13)19(18)22(25)28/h1-10,13-14,27-28H,11H2,(H,24,26)/t13-,14+. The van der Waals surface area contributed by atoms with Crippen molar-refractivity contribution >= 4 is 23.2 Å². The zero-order valence-electron chi connectivity index (χ0n) is 14.8. The molecule has 1 amide bonds. The van der Waals surface area contributed by atoms with Gasteiger partial charge >= 0.3 is 0 Å². The lowest BCUT2D eigenvalue weighted by Gasteiger charge is -2.11. The van der Waals surface area contributed by atoms with Crippen molar-refractivity contribution < 1.29 is 15.0 Å². The highest BCUT2D eigenvalue weighted by atomic mass is 35.5. The van der Waals surface area contributed by atoms with E-state index in [0.29, 0.717) is 22.0 Å². The summed E-state index contributed by atoms with van der Waals surface area (Å²) in [5.74, 6) is 0.221.